The van der Waals surface area contributed by atoms with Crippen molar-refractivity contribution in [2.45, 2.75) is 71.9 Å². The van der Waals surface area contributed by atoms with Crippen molar-refractivity contribution in [3.63, 3.8) is 0 Å². The van der Waals surface area contributed by atoms with Crippen LogP contribution in [0.2, 0.25) is 0 Å². The van der Waals surface area contributed by atoms with E-state index in [0.717, 1.165) is 12.8 Å². The highest BCUT2D eigenvalue weighted by atomic mass is 14.9. The predicted octanol–water partition coefficient (Wildman–Crippen LogP) is 3.74. The molecule has 0 saturated heterocycles. The first-order chi connectivity index (χ1) is 8.65. The summed E-state index contributed by atoms with van der Waals surface area (Å²) in [6, 6.07) is 5.49. The van der Waals surface area contributed by atoms with E-state index in [2.05, 4.69) is 50.1 Å². The number of aromatic nitrogens is 1. The highest BCUT2D eigenvalue weighted by Crippen LogP contribution is 2.09. The molecule has 0 radical (unpaired) electrons. The lowest BCUT2D eigenvalue weighted by Gasteiger charge is -2.21. The van der Waals surface area contributed by atoms with Gasteiger partial charge in [0.05, 0.1) is 0 Å². The largest absolute Gasteiger partial charge is 0.311 e. The molecule has 1 unspecified atom stereocenters. The van der Waals surface area contributed by atoms with E-state index in [1.165, 1.54) is 30.5 Å². The lowest BCUT2D eigenvalue weighted by Crippen LogP contribution is -2.36. The molecule has 0 amide bonds. The Balaban J connectivity index is 2.56. The second-order valence-corrected chi connectivity index (χ2v) is 5.38. The first-order valence-electron chi connectivity index (χ1n) is 7.35. The zero-order valence-electron chi connectivity index (χ0n) is 12.4. The van der Waals surface area contributed by atoms with Crippen molar-refractivity contribution in [1.82, 2.24) is 10.3 Å². The Morgan fingerprint density at radius 3 is 2.50 bits per heavy atom. The van der Waals surface area contributed by atoms with Crippen LogP contribution in [0.3, 0.4) is 0 Å². The summed E-state index contributed by atoms with van der Waals surface area (Å²) < 4.78 is 0. The summed E-state index contributed by atoms with van der Waals surface area (Å²) in [6.07, 6.45) is 7.92. The van der Waals surface area contributed by atoms with E-state index in [0.29, 0.717) is 12.1 Å². The normalized spacial score (nSPS) is 12.9. The average Bonchev–Trinajstić information content (AvgIpc) is 2.36. The zero-order valence-corrected chi connectivity index (χ0v) is 12.4. The van der Waals surface area contributed by atoms with Crippen LogP contribution in [0.4, 0.5) is 0 Å². The minimum absolute atomic E-state index is 0.543. The number of unbranched alkanes of at least 4 members (excludes halogenated alkanes) is 1. The van der Waals surface area contributed by atoms with Gasteiger partial charge in [-0.3, -0.25) is 4.98 Å². The van der Waals surface area contributed by atoms with Crippen molar-refractivity contribution in [3.05, 3.63) is 29.6 Å². The molecule has 0 aliphatic carbocycles. The van der Waals surface area contributed by atoms with Crippen molar-refractivity contribution >= 4 is 0 Å². The lowest BCUT2D eigenvalue weighted by atomic mass is 10.0. The SMILES string of the molecule is CCCCC(Cc1ccc(CC)cn1)NC(C)C. The Hall–Kier alpha value is -0.890. The fraction of sp³-hybridized carbons (Fsp3) is 0.688. The van der Waals surface area contributed by atoms with Crippen LogP contribution in [-0.4, -0.2) is 17.1 Å². The number of nitrogens with one attached hydrogen (secondary N) is 1. The van der Waals surface area contributed by atoms with Gasteiger partial charge >= 0.3 is 0 Å². The molecule has 0 saturated carbocycles. The molecule has 0 aliphatic rings. The average molecular weight is 248 g/mol. The van der Waals surface area contributed by atoms with Crippen LogP contribution in [0.5, 0.6) is 0 Å². The molecule has 1 rings (SSSR count). The summed E-state index contributed by atoms with van der Waals surface area (Å²) in [5.74, 6) is 0. The van der Waals surface area contributed by atoms with Gasteiger partial charge in [-0.15, -0.1) is 0 Å². The molecular formula is C16H28N2. The minimum Gasteiger partial charge on any atom is -0.311 e. The van der Waals surface area contributed by atoms with Gasteiger partial charge in [-0.2, -0.15) is 0 Å². The molecule has 2 heteroatoms. The molecule has 0 aliphatic heterocycles. The predicted molar refractivity (Wildman–Crippen MR) is 78.9 cm³/mol. The van der Waals surface area contributed by atoms with E-state index in [1.807, 2.05) is 6.20 Å². The Morgan fingerprint density at radius 1 is 1.22 bits per heavy atom. The van der Waals surface area contributed by atoms with E-state index in [4.69, 9.17) is 0 Å². The fourth-order valence-corrected chi connectivity index (χ4v) is 2.20. The van der Waals surface area contributed by atoms with Gasteiger partial charge in [-0.05, 0) is 24.5 Å². The zero-order chi connectivity index (χ0) is 13.4. The Kier molecular flexibility index (Phi) is 6.96. The summed E-state index contributed by atoms with van der Waals surface area (Å²) in [5, 5.41) is 3.65. The fourth-order valence-electron chi connectivity index (χ4n) is 2.20. The first kappa shape index (κ1) is 15.2. The standard InChI is InChI=1S/C16H28N2/c1-5-7-8-16(18-13(3)4)11-15-10-9-14(6-2)12-17-15/h9-10,12-13,16,18H,5-8,11H2,1-4H3. The van der Waals surface area contributed by atoms with Crippen LogP contribution < -0.4 is 5.32 Å². The van der Waals surface area contributed by atoms with Gasteiger partial charge in [0.15, 0.2) is 0 Å². The van der Waals surface area contributed by atoms with Gasteiger partial charge in [0.25, 0.3) is 0 Å². The van der Waals surface area contributed by atoms with E-state index >= 15 is 0 Å². The van der Waals surface area contributed by atoms with Crippen molar-refractivity contribution in [2.24, 2.45) is 0 Å². The molecular weight excluding hydrogens is 220 g/mol. The molecule has 0 aromatic carbocycles. The van der Waals surface area contributed by atoms with Crippen LogP contribution in [0, 0.1) is 0 Å². The molecule has 0 spiro atoms. The molecule has 1 aromatic rings. The smallest absolute Gasteiger partial charge is 0.0419 e. The summed E-state index contributed by atoms with van der Waals surface area (Å²) in [5.41, 5.74) is 2.53. The first-order valence-corrected chi connectivity index (χ1v) is 7.35. The number of rotatable bonds is 8. The molecule has 102 valence electrons. The monoisotopic (exact) mass is 248 g/mol. The van der Waals surface area contributed by atoms with Crippen molar-refractivity contribution in [1.29, 1.82) is 0 Å². The number of aryl methyl sites for hydroxylation is 1. The lowest BCUT2D eigenvalue weighted by molar-refractivity contribution is 0.422. The third-order valence-electron chi connectivity index (χ3n) is 3.22. The molecule has 2 nitrogen and oxygen atoms in total. The second-order valence-electron chi connectivity index (χ2n) is 5.38. The molecule has 18 heavy (non-hydrogen) atoms. The van der Waals surface area contributed by atoms with E-state index in [-0.39, 0.29) is 0 Å². The van der Waals surface area contributed by atoms with Gasteiger partial charge in [0.1, 0.15) is 0 Å². The van der Waals surface area contributed by atoms with E-state index in [9.17, 15) is 0 Å². The van der Waals surface area contributed by atoms with Gasteiger partial charge < -0.3 is 5.32 Å². The second kappa shape index (κ2) is 8.25. The molecule has 0 bridgehead atoms. The molecule has 1 heterocycles. The van der Waals surface area contributed by atoms with Crippen LogP contribution >= 0.6 is 0 Å². The van der Waals surface area contributed by atoms with Crippen molar-refractivity contribution in [2.75, 3.05) is 0 Å². The third-order valence-corrected chi connectivity index (χ3v) is 3.22. The number of nitrogens with zero attached hydrogens (tertiary/aromatic N) is 1. The Bertz CT molecular complexity index is 316. The third kappa shape index (κ3) is 5.63. The summed E-state index contributed by atoms with van der Waals surface area (Å²) >= 11 is 0. The number of pyridine rings is 1. The minimum atomic E-state index is 0.543. The van der Waals surface area contributed by atoms with Crippen LogP contribution in [0.25, 0.3) is 0 Å². The van der Waals surface area contributed by atoms with Crippen LogP contribution in [-0.2, 0) is 12.8 Å². The van der Waals surface area contributed by atoms with Gasteiger partial charge in [-0.1, -0.05) is 46.6 Å². The Morgan fingerprint density at radius 2 is 2.00 bits per heavy atom. The molecule has 0 fully saturated rings. The number of hydrogen-bond donors (Lipinski definition) is 1. The van der Waals surface area contributed by atoms with Crippen molar-refractivity contribution < 1.29 is 0 Å². The maximum Gasteiger partial charge on any atom is 0.0419 e. The maximum atomic E-state index is 4.56. The summed E-state index contributed by atoms with van der Waals surface area (Å²) in [7, 11) is 0. The molecule has 1 atom stereocenters. The van der Waals surface area contributed by atoms with Gasteiger partial charge in [0.2, 0.25) is 0 Å². The topological polar surface area (TPSA) is 24.9 Å². The quantitative estimate of drug-likeness (QED) is 0.758. The van der Waals surface area contributed by atoms with Crippen LogP contribution in [0.15, 0.2) is 18.3 Å². The Labute approximate surface area is 112 Å². The van der Waals surface area contributed by atoms with Gasteiger partial charge in [0, 0.05) is 30.4 Å². The highest BCUT2D eigenvalue weighted by molar-refractivity contribution is 5.14. The van der Waals surface area contributed by atoms with Crippen LogP contribution in [0.1, 0.15) is 58.2 Å². The maximum absolute atomic E-state index is 4.56. The van der Waals surface area contributed by atoms with E-state index < -0.39 is 0 Å². The summed E-state index contributed by atoms with van der Waals surface area (Å²) in [4.78, 5) is 4.56. The number of hydrogen-bond acceptors (Lipinski definition) is 2. The summed E-state index contributed by atoms with van der Waals surface area (Å²) in [6.45, 7) is 8.85. The van der Waals surface area contributed by atoms with E-state index in [1.54, 1.807) is 0 Å². The molecule has 1 aromatic heterocycles. The highest BCUT2D eigenvalue weighted by Gasteiger charge is 2.11. The molecule has 1 N–H and O–H groups in total. The van der Waals surface area contributed by atoms with Gasteiger partial charge in [-0.25, -0.2) is 0 Å². The van der Waals surface area contributed by atoms with Crippen molar-refractivity contribution in [3.8, 4) is 0 Å².